The van der Waals surface area contributed by atoms with Gasteiger partial charge >= 0.3 is 0 Å². The van der Waals surface area contributed by atoms with E-state index < -0.39 is 0 Å². The second-order valence-corrected chi connectivity index (χ2v) is 3.69. The maximum atomic E-state index is 11.3. The Morgan fingerprint density at radius 2 is 2.08 bits per heavy atom. The summed E-state index contributed by atoms with van der Waals surface area (Å²) >= 11 is 4.65. The molecule has 1 aliphatic carbocycles. The first-order valence-electron chi connectivity index (χ1n) is 4.26. The van der Waals surface area contributed by atoms with Crippen molar-refractivity contribution >= 4 is 23.1 Å². The number of thiocarbonyl (C=S) groups is 1. The van der Waals surface area contributed by atoms with Crippen LogP contribution in [0.4, 0.5) is 0 Å². The fourth-order valence-electron chi connectivity index (χ4n) is 1.51. The molecule has 0 aliphatic heterocycles. The van der Waals surface area contributed by atoms with Gasteiger partial charge in [0, 0.05) is 5.92 Å². The zero-order valence-electron chi connectivity index (χ0n) is 7.01. The Bertz CT molecular complexity index is 187. The second-order valence-electron chi connectivity index (χ2n) is 3.17. The van der Waals surface area contributed by atoms with Gasteiger partial charge in [-0.15, -0.1) is 0 Å². The molecule has 1 aliphatic rings. The minimum Gasteiger partial charge on any atom is -0.392 e. The van der Waals surface area contributed by atoms with Crippen molar-refractivity contribution in [2.24, 2.45) is 11.7 Å². The quantitative estimate of drug-likeness (QED) is 0.634. The van der Waals surface area contributed by atoms with Gasteiger partial charge in [0.25, 0.3) is 0 Å². The van der Waals surface area contributed by atoms with Crippen molar-refractivity contribution in [3.05, 3.63) is 0 Å². The van der Waals surface area contributed by atoms with Crippen LogP contribution in [0.25, 0.3) is 0 Å². The standard InChI is InChI=1S/C8H14N2OS/c9-7(12)5-10-8(11)6-3-1-2-4-6/h6H,1-5H2,(H2,9,12)(H,10,11). The summed E-state index contributed by atoms with van der Waals surface area (Å²) in [6.45, 7) is 0.338. The number of hydrogen-bond donors (Lipinski definition) is 2. The van der Waals surface area contributed by atoms with Gasteiger partial charge in [0.15, 0.2) is 0 Å². The Labute approximate surface area is 77.7 Å². The fourth-order valence-corrected chi connectivity index (χ4v) is 1.58. The van der Waals surface area contributed by atoms with Gasteiger partial charge in [-0.25, -0.2) is 0 Å². The molecule has 1 saturated carbocycles. The molecule has 68 valence electrons. The van der Waals surface area contributed by atoms with Crippen LogP contribution in [0, 0.1) is 5.92 Å². The van der Waals surface area contributed by atoms with E-state index in [-0.39, 0.29) is 11.8 Å². The summed E-state index contributed by atoms with van der Waals surface area (Å²) in [6.07, 6.45) is 4.38. The molecule has 0 aromatic carbocycles. The zero-order valence-corrected chi connectivity index (χ0v) is 7.82. The van der Waals surface area contributed by atoms with Crippen LogP contribution in [-0.4, -0.2) is 17.4 Å². The van der Waals surface area contributed by atoms with E-state index in [4.69, 9.17) is 5.73 Å². The minimum absolute atomic E-state index is 0.111. The lowest BCUT2D eigenvalue weighted by Gasteiger charge is -2.08. The van der Waals surface area contributed by atoms with Crippen LogP contribution in [0.15, 0.2) is 0 Å². The summed E-state index contributed by atoms with van der Waals surface area (Å²) in [5.41, 5.74) is 5.26. The number of nitrogens with one attached hydrogen (secondary N) is 1. The lowest BCUT2D eigenvalue weighted by Crippen LogP contribution is -2.35. The first kappa shape index (κ1) is 9.45. The van der Waals surface area contributed by atoms with Crippen molar-refractivity contribution in [3.8, 4) is 0 Å². The number of nitrogens with two attached hydrogens (primary N) is 1. The number of rotatable bonds is 3. The summed E-state index contributed by atoms with van der Waals surface area (Å²) in [5, 5.41) is 2.72. The van der Waals surface area contributed by atoms with Gasteiger partial charge in [-0.2, -0.15) is 0 Å². The molecule has 0 heterocycles. The normalized spacial score (nSPS) is 17.7. The largest absolute Gasteiger partial charge is 0.392 e. The monoisotopic (exact) mass is 186 g/mol. The molecule has 0 spiro atoms. The highest BCUT2D eigenvalue weighted by Crippen LogP contribution is 2.24. The third kappa shape index (κ3) is 2.77. The Balaban J connectivity index is 2.23. The predicted octanol–water partition coefficient (Wildman–Crippen LogP) is 0.579. The first-order valence-corrected chi connectivity index (χ1v) is 4.67. The lowest BCUT2D eigenvalue weighted by molar-refractivity contribution is -0.124. The smallest absolute Gasteiger partial charge is 0.223 e. The molecule has 0 aromatic heterocycles. The van der Waals surface area contributed by atoms with E-state index in [1.165, 1.54) is 12.8 Å². The van der Waals surface area contributed by atoms with Crippen LogP contribution in [0.1, 0.15) is 25.7 Å². The van der Waals surface area contributed by atoms with Crippen LogP contribution < -0.4 is 11.1 Å². The van der Waals surface area contributed by atoms with Gasteiger partial charge in [-0.1, -0.05) is 25.1 Å². The van der Waals surface area contributed by atoms with Gasteiger partial charge < -0.3 is 11.1 Å². The SMILES string of the molecule is NC(=S)CNC(=O)C1CCCC1. The molecule has 4 heteroatoms. The van der Waals surface area contributed by atoms with Crippen LogP contribution in [0.3, 0.4) is 0 Å². The van der Waals surface area contributed by atoms with Gasteiger partial charge in [0.1, 0.15) is 0 Å². The minimum atomic E-state index is 0.111. The maximum absolute atomic E-state index is 11.3. The molecule has 3 nitrogen and oxygen atoms in total. The average molecular weight is 186 g/mol. The fraction of sp³-hybridized carbons (Fsp3) is 0.750. The van der Waals surface area contributed by atoms with Crippen LogP contribution in [-0.2, 0) is 4.79 Å². The van der Waals surface area contributed by atoms with Crippen molar-refractivity contribution in [1.29, 1.82) is 0 Å². The molecule has 0 bridgehead atoms. The molecule has 0 radical (unpaired) electrons. The molecule has 0 saturated heterocycles. The van der Waals surface area contributed by atoms with Gasteiger partial charge in [0.05, 0.1) is 11.5 Å². The second kappa shape index (κ2) is 4.40. The molecule has 1 rings (SSSR count). The Hall–Kier alpha value is -0.640. The molecule has 12 heavy (non-hydrogen) atoms. The molecular formula is C8H14N2OS. The summed E-state index contributed by atoms with van der Waals surface area (Å²) in [4.78, 5) is 11.7. The number of amides is 1. The number of carbonyl (C=O) groups is 1. The van der Waals surface area contributed by atoms with Gasteiger partial charge in [-0.05, 0) is 12.8 Å². The summed E-state index contributed by atoms with van der Waals surface area (Å²) in [5.74, 6) is 0.319. The van der Waals surface area contributed by atoms with Crippen molar-refractivity contribution in [2.75, 3.05) is 6.54 Å². The number of hydrogen-bond acceptors (Lipinski definition) is 2. The van der Waals surface area contributed by atoms with Crippen LogP contribution in [0.5, 0.6) is 0 Å². The van der Waals surface area contributed by atoms with Crippen molar-refractivity contribution < 1.29 is 4.79 Å². The molecular weight excluding hydrogens is 172 g/mol. The molecule has 3 N–H and O–H groups in total. The third-order valence-electron chi connectivity index (χ3n) is 2.16. The van der Waals surface area contributed by atoms with E-state index in [0.717, 1.165) is 12.8 Å². The van der Waals surface area contributed by atoms with E-state index in [1.54, 1.807) is 0 Å². The Kier molecular flexibility index (Phi) is 3.47. The lowest BCUT2D eigenvalue weighted by atomic mass is 10.1. The first-order chi connectivity index (χ1) is 5.70. The van der Waals surface area contributed by atoms with E-state index in [1.807, 2.05) is 0 Å². The topological polar surface area (TPSA) is 55.1 Å². The van der Waals surface area contributed by atoms with E-state index >= 15 is 0 Å². The van der Waals surface area contributed by atoms with Crippen molar-refractivity contribution in [3.63, 3.8) is 0 Å². The molecule has 1 fully saturated rings. The van der Waals surface area contributed by atoms with Gasteiger partial charge in [0.2, 0.25) is 5.91 Å². The Morgan fingerprint density at radius 1 is 1.50 bits per heavy atom. The Morgan fingerprint density at radius 3 is 2.58 bits per heavy atom. The van der Waals surface area contributed by atoms with Crippen LogP contribution >= 0.6 is 12.2 Å². The van der Waals surface area contributed by atoms with Gasteiger partial charge in [-0.3, -0.25) is 4.79 Å². The predicted molar refractivity (Wildman–Crippen MR) is 51.8 cm³/mol. The number of carbonyl (C=O) groups excluding carboxylic acids is 1. The van der Waals surface area contributed by atoms with E-state index in [0.29, 0.717) is 11.5 Å². The summed E-state index contributed by atoms with van der Waals surface area (Å²) in [7, 11) is 0. The maximum Gasteiger partial charge on any atom is 0.223 e. The van der Waals surface area contributed by atoms with Crippen molar-refractivity contribution in [2.45, 2.75) is 25.7 Å². The summed E-state index contributed by atoms with van der Waals surface area (Å²) < 4.78 is 0. The molecule has 0 atom stereocenters. The molecule has 1 amide bonds. The average Bonchev–Trinajstić information content (AvgIpc) is 2.51. The summed E-state index contributed by atoms with van der Waals surface area (Å²) in [6, 6.07) is 0. The highest BCUT2D eigenvalue weighted by molar-refractivity contribution is 7.80. The third-order valence-corrected chi connectivity index (χ3v) is 2.31. The zero-order chi connectivity index (χ0) is 8.97. The van der Waals surface area contributed by atoms with E-state index in [9.17, 15) is 4.79 Å². The van der Waals surface area contributed by atoms with Crippen molar-refractivity contribution in [1.82, 2.24) is 5.32 Å². The molecule has 0 aromatic rings. The molecule has 0 unspecified atom stereocenters. The highest BCUT2D eigenvalue weighted by atomic mass is 32.1. The van der Waals surface area contributed by atoms with Crippen LogP contribution in [0.2, 0.25) is 0 Å². The van der Waals surface area contributed by atoms with E-state index in [2.05, 4.69) is 17.5 Å². The highest BCUT2D eigenvalue weighted by Gasteiger charge is 2.21.